The van der Waals surface area contributed by atoms with Crippen molar-refractivity contribution >= 4 is 29.5 Å². The second-order valence-electron chi connectivity index (χ2n) is 9.66. The van der Waals surface area contributed by atoms with Crippen molar-refractivity contribution in [3.63, 3.8) is 0 Å². The van der Waals surface area contributed by atoms with Crippen molar-refractivity contribution < 1.29 is 33.3 Å². The van der Waals surface area contributed by atoms with Crippen LogP contribution in [0.4, 0.5) is 9.59 Å². The third-order valence-corrected chi connectivity index (χ3v) is 5.20. The Morgan fingerprint density at radius 3 is 2.32 bits per heavy atom. The number of thiazole rings is 1. The fourth-order valence-electron chi connectivity index (χ4n) is 2.84. The smallest absolute Gasteiger partial charge is 0.407 e. The molecule has 0 fully saturated rings. The van der Waals surface area contributed by atoms with E-state index in [-0.39, 0.29) is 6.54 Å². The largest absolute Gasteiger partial charge is 0.465 e. The van der Waals surface area contributed by atoms with Gasteiger partial charge < -0.3 is 24.8 Å². The van der Waals surface area contributed by atoms with E-state index in [4.69, 9.17) is 14.2 Å². The minimum absolute atomic E-state index is 0.116. The number of ether oxygens (including phenoxy) is 3. The highest BCUT2D eigenvalue weighted by molar-refractivity contribution is 7.16. The summed E-state index contributed by atoms with van der Waals surface area (Å²) < 4.78 is 19.1. The van der Waals surface area contributed by atoms with Crippen LogP contribution in [0.3, 0.4) is 0 Å². The Hall–Kier alpha value is -3.15. The molecule has 0 radical (unpaired) electrons. The molecule has 11 nitrogen and oxygen atoms in total. The molecule has 0 aliphatic carbocycles. The molecule has 0 saturated carbocycles. The number of rotatable bonds is 7. The standard InChI is InChI=1S/C22H33N5O6S/c1-21(2,3)32-19(29)24-9-15(25-20(30)33-22(4,5)6)13-27-12-14(11-26(27)7)17-23-10-16(34-17)18(28)31-8/h10-12,15H,9,13H2,1-8H3,(H-,24,25,29,30)/p+1. The number of nitrogens with zero attached hydrogens (tertiary/aromatic N) is 3. The first-order valence-electron chi connectivity index (χ1n) is 10.7. The maximum Gasteiger partial charge on any atom is 0.407 e. The zero-order chi connectivity index (χ0) is 25.7. The van der Waals surface area contributed by atoms with Crippen LogP contribution < -0.4 is 15.3 Å². The molecule has 188 valence electrons. The lowest BCUT2D eigenvalue weighted by molar-refractivity contribution is -0.753. The summed E-state index contributed by atoms with van der Waals surface area (Å²) in [6.45, 7) is 11.1. The SMILES string of the molecule is COC(=O)c1cnc(-c2cn(CC(CNC(=O)OC(C)(C)C)NC(=O)OC(C)(C)C)[n+](C)c2)s1. The molecular weight excluding hydrogens is 462 g/mol. The summed E-state index contributed by atoms with van der Waals surface area (Å²) in [5, 5.41) is 6.15. The van der Waals surface area contributed by atoms with E-state index in [2.05, 4.69) is 15.6 Å². The predicted molar refractivity (Wildman–Crippen MR) is 125 cm³/mol. The summed E-state index contributed by atoms with van der Waals surface area (Å²) >= 11 is 1.22. The lowest BCUT2D eigenvalue weighted by atomic mass is 10.2. The predicted octanol–water partition coefficient (Wildman–Crippen LogP) is 2.64. The Balaban J connectivity index is 2.17. The van der Waals surface area contributed by atoms with E-state index in [1.807, 2.05) is 28.8 Å². The molecule has 2 rings (SSSR count). The van der Waals surface area contributed by atoms with Gasteiger partial charge in [0.25, 0.3) is 0 Å². The first-order chi connectivity index (χ1) is 15.7. The van der Waals surface area contributed by atoms with Crippen molar-refractivity contribution in [3.05, 3.63) is 23.5 Å². The zero-order valence-electron chi connectivity index (χ0n) is 20.9. The number of nitrogens with one attached hydrogen (secondary N) is 2. The number of alkyl carbamates (subject to hydrolysis) is 2. The molecule has 2 N–H and O–H groups in total. The highest BCUT2D eigenvalue weighted by Gasteiger charge is 2.24. The number of esters is 1. The van der Waals surface area contributed by atoms with Crippen LogP contribution in [0.25, 0.3) is 10.6 Å². The van der Waals surface area contributed by atoms with Crippen LogP contribution in [0.1, 0.15) is 51.2 Å². The van der Waals surface area contributed by atoms with Crippen molar-refractivity contribution in [2.24, 2.45) is 7.05 Å². The van der Waals surface area contributed by atoms with E-state index in [0.717, 1.165) is 5.56 Å². The van der Waals surface area contributed by atoms with Gasteiger partial charge in [0.1, 0.15) is 21.1 Å². The molecule has 0 spiro atoms. The van der Waals surface area contributed by atoms with Crippen molar-refractivity contribution in [2.45, 2.75) is 65.3 Å². The Labute approximate surface area is 203 Å². The van der Waals surface area contributed by atoms with Crippen LogP contribution in [-0.4, -0.2) is 58.7 Å². The van der Waals surface area contributed by atoms with Gasteiger partial charge in [-0.05, 0) is 41.5 Å². The fourth-order valence-corrected chi connectivity index (χ4v) is 3.65. The number of methoxy groups -OCH3 is 1. The summed E-state index contributed by atoms with van der Waals surface area (Å²) in [7, 11) is 3.16. The molecule has 2 aromatic heterocycles. The minimum atomic E-state index is -0.666. The molecule has 12 heteroatoms. The number of carbonyl (C=O) groups excluding carboxylic acids is 3. The van der Waals surface area contributed by atoms with E-state index in [9.17, 15) is 14.4 Å². The van der Waals surface area contributed by atoms with E-state index >= 15 is 0 Å². The maximum atomic E-state index is 12.4. The van der Waals surface area contributed by atoms with Gasteiger partial charge in [0.05, 0.1) is 37.7 Å². The van der Waals surface area contributed by atoms with E-state index in [0.29, 0.717) is 16.4 Å². The van der Waals surface area contributed by atoms with Gasteiger partial charge in [-0.25, -0.2) is 19.4 Å². The summed E-state index contributed by atoms with van der Waals surface area (Å²) in [6.07, 6.45) is 3.99. The maximum absolute atomic E-state index is 12.4. The normalized spacial score (nSPS) is 12.6. The molecule has 1 atom stereocenters. The van der Waals surface area contributed by atoms with Gasteiger partial charge in [-0.3, -0.25) is 0 Å². The summed E-state index contributed by atoms with van der Waals surface area (Å²) in [5.74, 6) is -0.442. The van der Waals surface area contributed by atoms with E-state index < -0.39 is 35.4 Å². The van der Waals surface area contributed by atoms with Gasteiger partial charge in [-0.1, -0.05) is 0 Å². The highest BCUT2D eigenvalue weighted by atomic mass is 32.1. The third kappa shape index (κ3) is 8.65. The van der Waals surface area contributed by atoms with Crippen molar-refractivity contribution in [2.75, 3.05) is 13.7 Å². The zero-order valence-corrected chi connectivity index (χ0v) is 21.7. The number of aromatic nitrogens is 3. The average Bonchev–Trinajstić information content (AvgIpc) is 3.30. The molecular formula is C22H34N5O6S+. The van der Waals surface area contributed by atoms with Gasteiger partial charge in [-0.2, -0.15) is 4.68 Å². The van der Waals surface area contributed by atoms with Gasteiger partial charge >= 0.3 is 18.2 Å². The molecule has 2 heterocycles. The van der Waals surface area contributed by atoms with Crippen LogP contribution in [0.2, 0.25) is 0 Å². The number of hydrogen-bond acceptors (Lipinski definition) is 8. The summed E-state index contributed by atoms with van der Waals surface area (Å²) in [4.78, 5) is 41.0. The topological polar surface area (TPSA) is 125 Å². The molecule has 0 aromatic carbocycles. The summed E-state index contributed by atoms with van der Waals surface area (Å²) in [5.41, 5.74) is -0.518. The van der Waals surface area contributed by atoms with Gasteiger partial charge in [-0.15, -0.1) is 16.0 Å². The molecule has 0 aliphatic rings. The fraction of sp³-hybridized carbons (Fsp3) is 0.591. The average molecular weight is 497 g/mol. The van der Waals surface area contributed by atoms with Crippen LogP contribution in [0.15, 0.2) is 18.6 Å². The van der Waals surface area contributed by atoms with Crippen molar-refractivity contribution in [1.82, 2.24) is 20.3 Å². The Kier molecular flexibility index (Phi) is 8.65. The first kappa shape index (κ1) is 27.1. The number of carbonyl (C=O) groups is 3. The van der Waals surface area contributed by atoms with Gasteiger partial charge in [0.15, 0.2) is 7.05 Å². The Morgan fingerprint density at radius 2 is 1.74 bits per heavy atom. The summed E-state index contributed by atoms with van der Waals surface area (Å²) in [6, 6.07) is -0.504. The Bertz CT molecular complexity index is 1020. The molecule has 2 aromatic rings. The minimum Gasteiger partial charge on any atom is -0.465 e. The molecule has 1 unspecified atom stereocenters. The lowest BCUT2D eigenvalue weighted by Gasteiger charge is -2.24. The van der Waals surface area contributed by atoms with Gasteiger partial charge in [0.2, 0.25) is 6.20 Å². The molecule has 0 bridgehead atoms. The highest BCUT2D eigenvalue weighted by Crippen LogP contribution is 2.24. The van der Waals surface area contributed by atoms with Crippen LogP contribution in [0, 0.1) is 0 Å². The lowest BCUT2D eigenvalue weighted by Crippen LogP contribution is -2.51. The van der Waals surface area contributed by atoms with Crippen LogP contribution >= 0.6 is 11.3 Å². The second kappa shape index (κ2) is 10.9. The first-order valence-corrected chi connectivity index (χ1v) is 11.6. The quantitative estimate of drug-likeness (QED) is 0.343. The number of aryl methyl sites for hydroxylation is 1. The monoisotopic (exact) mass is 496 g/mol. The Morgan fingerprint density at radius 1 is 1.12 bits per heavy atom. The molecule has 34 heavy (non-hydrogen) atoms. The van der Waals surface area contributed by atoms with E-state index in [1.165, 1.54) is 24.6 Å². The number of hydrogen-bond donors (Lipinski definition) is 2. The van der Waals surface area contributed by atoms with Crippen molar-refractivity contribution in [1.29, 1.82) is 0 Å². The van der Waals surface area contributed by atoms with E-state index in [1.54, 1.807) is 41.5 Å². The third-order valence-electron chi connectivity index (χ3n) is 4.18. The van der Waals surface area contributed by atoms with Crippen LogP contribution in [0.5, 0.6) is 0 Å². The second-order valence-corrected chi connectivity index (χ2v) is 10.7. The molecule has 2 amide bonds. The van der Waals surface area contributed by atoms with Crippen LogP contribution in [-0.2, 0) is 27.8 Å². The molecule has 0 saturated heterocycles. The molecule has 0 aliphatic heterocycles. The van der Waals surface area contributed by atoms with Gasteiger partial charge in [0, 0.05) is 6.54 Å². The van der Waals surface area contributed by atoms with Crippen molar-refractivity contribution in [3.8, 4) is 10.6 Å². The number of amides is 2.